The Balaban J connectivity index is 1.89. The fraction of sp³-hybridized carbons (Fsp3) is 0.833. The quantitative estimate of drug-likeness (QED) is 0.837. The molecule has 0 saturated carbocycles. The van der Waals surface area contributed by atoms with E-state index in [1.165, 1.54) is 32.4 Å². The van der Waals surface area contributed by atoms with E-state index in [1.807, 2.05) is 0 Å². The Labute approximate surface area is 108 Å². The molecule has 0 bridgehead atoms. The fourth-order valence-electron chi connectivity index (χ4n) is 2.51. The zero-order chi connectivity index (χ0) is 12.3. The van der Waals surface area contributed by atoms with Crippen LogP contribution >= 0.6 is 12.2 Å². The van der Waals surface area contributed by atoms with Gasteiger partial charge in [0.05, 0.1) is 0 Å². The molecule has 1 aliphatic rings. The molecule has 0 spiro atoms. The first-order valence-corrected chi connectivity index (χ1v) is 6.94. The van der Waals surface area contributed by atoms with Crippen molar-refractivity contribution in [1.29, 1.82) is 0 Å². The van der Waals surface area contributed by atoms with Crippen molar-refractivity contribution in [2.24, 2.45) is 5.92 Å². The van der Waals surface area contributed by atoms with Gasteiger partial charge in [0.25, 0.3) is 0 Å². The summed E-state index contributed by atoms with van der Waals surface area (Å²) in [5, 5.41) is 7.14. The second-order valence-electron chi connectivity index (χ2n) is 4.99. The Kier molecular flexibility index (Phi) is 4.34. The number of rotatable bonds is 4. The molecule has 2 rings (SSSR count). The van der Waals surface area contributed by atoms with E-state index in [0.717, 1.165) is 29.5 Å². The summed E-state index contributed by atoms with van der Waals surface area (Å²) in [6.45, 7) is 5.62. The molecule has 0 aliphatic carbocycles. The van der Waals surface area contributed by atoms with Crippen LogP contribution in [0.2, 0.25) is 0 Å². The molecule has 1 aromatic heterocycles. The zero-order valence-corrected chi connectivity index (χ0v) is 11.6. The van der Waals surface area contributed by atoms with Crippen LogP contribution in [0.4, 0.5) is 0 Å². The second kappa shape index (κ2) is 5.78. The molecule has 1 aromatic rings. The van der Waals surface area contributed by atoms with Crippen molar-refractivity contribution in [3.05, 3.63) is 10.6 Å². The van der Waals surface area contributed by atoms with Crippen LogP contribution in [-0.2, 0) is 13.0 Å². The molecular weight excluding hydrogens is 232 g/mol. The van der Waals surface area contributed by atoms with E-state index in [-0.39, 0.29) is 0 Å². The molecular formula is C12H22N4S. The summed E-state index contributed by atoms with van der Waals surface area (Å²) >= 11 is 5.26. The van der Waals surface area contributed by atoms with Crippen molar-refractivity contribution in [3.8, 4) is 0 Å². The normalized spacial score (nSPS) is 18.7. The van der Waals surface area contributed by atoms with Crippen LogP contribution in [0, 0.1) is 10.7 Å². The first kappa shape index (κ1) is 12.8. The Morgan fingerprint density at radius 1 is 1.41 bits per heavy atom. The molecule has 2 heterocycles. The number of H-pyrrole nitrogens is 1. The third kappa shape index (κ3) is 3.16. The van der Waals surface area contributed by atoms with Gasteiger partial charge in [-0.05, 0) is 57.5 Å². The lowest BCUT2D eigenvalue weighted by Crippen LogP contribution is -2.30. The molecule has 5 heteroatoms. The van der Waals surface area contributed by atoms with Crippen LogP contribution in [0.3, 0.4) is 0 Å². The van der Waals surface area contributed by atoms with Crippen molar-refractivity contribution in [2.75, 3.05) is 20.1 Å². The van der Waals surface area contributed by atoms with Gasteiger partial charge in [0.15, 0.2) is 4.77 Å². The lowest BCUT2D eigenvalue weighted by atomic mass is 9.94. The Bertz CT molecular complexity index is 401. The molecule has 0 atom stereocenters. The van der Waals surface area contributed by atoms with Crippen LogP contribution in [0.25, 0.3) is 0 Å². The topological polar surface area (TPSA) is 36.9 Å². The molecule has 0 unspecified atom stereocenters. The molecule has 96 valence electrons. The first-order valence-electron chi connectivity index (χ1n) is 6.53. The SMILES string of the molecule is CCc1n[nH]c(=S)n1CCC1CCN(C)CC1. The number of aryl methyl sites for hydroxylation is 1. The summed E-state index contributed by atoms with van der Waals surface area (Å²) in [5.74, 6) is 1.94. The van der Waals surface area contributed by atoms with E-state index in [2.05, 4.69) is 33.6 Å². The minimum atomic E-state index is 0.773. The van der Waals surface area contributed by atoms with Gasteiger partial charge < -0.3 is 9.47 Å². The monoisotopic (exact) mass is 254 g/mol. The number of piperidine rings is 1. The molecule has 4 nitrogen and oxygen atoms in total. The van der Waals surface area contributed by atoms with E-state index < -0.39 is 0 Å². The Morgan fingerprint density at radius 2 is 2.12 bits per heavy atom. The van der Waals surface area contributed by atoms with Crippen LogP contribution in [-0.4, -0.2) is 39.8 Å². The summed E-state index contributed by atoms with van der Waals surface area (Å²) in [6.07, 6.45) is 4.82. The predicted molar refractivity (Wildman–Crippen MR) is 71.6 cm³/mol. The van der Waals surface area contributed by atoms with Gasteiger partial charge in [0.1, 0.15) is 5.82 Å². The summed E-state index contributed by atoms with van der Waals surface area (Å²) < 4.78 is 2.93. The highest BCUT2D eigenvalue weighted by Crippen LogP contribution is 2.20. The van der Waals surface area contributed by atoms with E-state index in [4.69, 9.17) is 12.2 Å². The number of hydrogen-bond acceptors (Lipinski definition) is 3. The smallest absolute Gasteiger partial charge is 0.195 e. The first-order chi connectivity index (χ1) is 8.20. The maximum absolute atomic E-state index is 5.26. The van der Waals surface area contributed by atoms with E-state index in [1.54, 1.807) is 0 Å². The highest BCUT2D eigenvalue weighted by Gasteiger charge is 2.17. The van der Waals surface area contributed by atoms with Gasteiger partial charge in [-0.2, -0.15) is 5.10 Å². The van der Waals surface area contributed by atoms with Crippen LogP contribution in [0.15, 0.2) is 0 Å². The third-order valence-corrected chi connectivity index (χ3v) is 4.06. The van der Waals surface area contributed by atoms with Crippen LogP contribution in [0.1, 0.15) is 32.0 Å². The number of nitrogens with one attached hydrogen (secondary N) is 1. The van der Waals surface area contributed by atoms with Crippen molar-refractivity contribution in [1.82, 2.24) is 19.7 Å². The summed E-state index contributed by atoms with van der Waals surface area (Å²) in [6, 6.07) is 0. The zero-order valence-electron chi connectivity index (χ0n) is 10.8. The van der Waals surface area contributed by atoms with Crippen molar-refractivity contribution < 1.29 is 0 Å². The fourth-order valence-corrected chi connectivity index (χ4v) is 2.76. The maximum Gasteiger partial charge on any atom is 0.195 e. The third-order valence-electron chi connectivity index (χ3n) is 3.75. The summed E-state index contributed by atoms with van der Waals surface area (Å²) in [5.41, 5.74) is 0. The number of likely N-dealkylation sites (tertiary alicyclic amines) is 1. The van der Waals surface area contributed by atoms with Gasteiger partial charge in [0.2, 0.25) is 0 Å². The molecule has 1 fully saturated rings. The minimum Gasteiger partial charge on any atom is -0.306 e. The number of hydrogen-bond donors (Lipinski definition) is 1. The summed E-state index contributed by atoms with van der Waals surface area (Å²) in [4.78, 5) is 2.41. The molecule has 0 radical (unpaired) electrons. The molecule has 1 aliphatic heterocycles. The lowest BCUT2D eigenvalue weighted by molar-refractivity contribution is 0.207. The summed E-state index contributed by atoms with van der Waals surface area (Å²) in [7, 11) is 2.21. The Hall–Kier alpha value is -0.680. The largest absolute Gasteiger partial charge is 0.306 e. The predicted octanol–water partition coefficient (Wildman–Crippen LogP) is 2.23. The van der Waals surface area contributed by atoms with Gasteiger partial charge in [-0.1, -0.05) is 6.92 Å². The van der Waals surface area contributed by atoms with Gasteiger partial charge in [-0.25, -0.2) is 0 Å². The van der Waals surface area contributed by atoms with Gasteiger partial charge in [0, 0.05) is 13.0 Å². The van der Waals surface area contributed by atoms with Crippen molar-refractivity contribution >= 4 is 12.2 Å². The number of aromatic amines is 1. The van der Waals surface area contributed by atoms with Gasteiger partial charge in [-0.15, -0.1) is 0 Å². The molecule has 0 amide bonds. The maximum atomic E-state index is 5.26. The van der Waals surface area contributed by atoms with E-state index >= 15 is 0 Å². The highest BCUT2D eigenvalue weighted by molar-refractivity contribution is 7.71. The Morgan fingerprint density at radius 3 is 2.76 bits per heavy atom. The van der Waals surface area contributed by atoms with Gasteiger partial charge in [-0.3, -0.25) is 5.10 Å². The number of aromatic nitrogens is 3. The average molecular weight is 254 g/mol. The van der Waals surface area contributed by atoms with Crippen LogP contribution in [0.5, 0.6) is 0 Å². The van der Waals surface area contributed by atoms with Crippen LogP contribution < -0.4 is 0 Å². The highest BCUT2D eigenvalue weighted by atomic mass is 32.1. The lowest BCUT2D eigenvalue weighted by Gasteiger charge is -2.28. The molecule has 17 heavy (non-hydrogen) atoms. The van der Waals surface area contributed by atoms with Crippen molar-refractivity contribution in [3.63, 3.8) is 0 Å². The molecule has 0 aromatic carbocycles. The minimum absolute atomic E-state index is 0.773. The standard InChI is InChI=1S/C12H22N4S/c1-3-11-13-14-12(17)16(11)9-6-10-4-7-15(2)8-5-10/h10H,3-9H2,1-2H3,(H,14,17). The van der Waals surface area contributed by atoms with Crippen molar-refractivity contribution in [2.45, 2.75) is 39.2 Å². The average Bonchev–Trinajstić information content (AvgIpc) is 2.69. The van der Waals surface area contributed by atoms with E-state index in [9.17, 15) is 0 Å². The number of nitrogens with zero attached hydrogens (tertiary/aromatic N) is 3. The molecule has 1 saturated heterocycles. The molecule has 1 N–H and O–H groups in total. The second-order valence-corrected chi connectivity index (χ2v) is 5.37. The van der Waals surface area contributed by atoms with E-state index in [0.29, 0.717) is 0 Å². The van der Waals surface area contributed by atoms with Gasteiger partial charge >= 0.3 is 0 Å².